The van der Waals surface area contributed by atoms with E-state index in [1.165, 1.54) is 0 Å². The summed E-state index contributed by atoms with van der Waals surface area (Å²) in [5.41, 5.74) is 0.907. The number of carboxylic acids is 1. The van der Waals surface area contributed by atoms with E-state index in [9.17, 15) is 14.7 Å². The maximum atomic E-state index is 13.0. The van der Waals surface area contributed by atoms with E-state index < -0.39 is 18.1 Å². The summed E-state index contributed by atoms with van der Waals surface area (Å²) >= 11 is 0. The number of aliphatic carboxylic acids is 1. The van der Waals surface area contributed by atoms with Crippen LogP contribution in [0.3, 0.4) is 0 Å². The van der Waals surface area contributed by atoms with Gasteiger partial charge in [0.1, 0.15) is 12.1 Å². The second-order valence-corrected chi connectivity index (χ2v) is 6.69. The summed E-state index contributed by atoms with van der Waals surface area (Å²) in [5, 5.41) is 12.2. The molecule has 0 spiro atoms. The molecule has 0 radical (unpaired) electrons. The molecule has 0 aliphatic carbocycles. The number of benzene rings is 1. The predicted molar refractivity (Wildman–Crippen MR) is 97.3 cm³/mol. The molecule has 1 aromatic rings. The molecule has 1 saturated heterocycles. The number of amides is 1. The Hall–Kier alpha value is -1.92. The van der Waals surface area contributed by atoms with Crippen LogP contribution in [0.2, 0.25) is 0 Å². The fourth-order valence-corrected chi connectivity index (χ4v) is 3.16. The maximum absolute atomic E-state index is 13.0. The third-order valence-corrected chi connectivity index (χ3v) is 4.73. The summed E-state index contributed by atoms with van der Waals surface area (Å²) in [5.74, 6) is -1.19. The van der Waals surface area contributed by atoms with E-state index in [0.29, 0.717) is 6.42 Å². The largest absolute Gasteiger partial charge is 0.480 e. The smallest absolute Gasteiger partial charge is 0.326 e. The van der Waals surface area contributed by atoms with Gasteiger partial charge in [-0.2, -0.15) is 0 Å². The Morgan fingerprint density at radius 2 is 1.80 bits per heavy atom. The van der Waals surface area contributed by atoms with Gasteiger partial charge in [0.25, 0.3) is 0 Å². The molecule has 6 nitrogen and oxygen atoms in total. The second-order valence-electron chi connectivity index (χ2n) is 6.69. The molecule has 1 aliphatic rings. The van der Waals surface area contributed by atoms with Crippen molar-refractivity contribution in [2.24, 2.45) is 0 Å². The van der Waals surface area contributed by atoms with E-state index in [1.807, 2.05) is 37.3 Å². The monoisotopic (exact) mass is 347 g/mol. The number of unbranched alkanes of at least 4 members (excludes halogenated alkanes) is 1. The van der Waals surface area contributed by atoms with Crippen molar-refractivity contribution in [2.45, 2.75) is 38.3 Å². The quantitative estimate of drug-likeness (QED) is 0.749. The van der Waals surface area contributed by atoms with Crippen molar-refractivity contribution >= 4 is 11.9 Å². The second kappa shape index (κ2) is 9.53. The zero-order valence-corrected chi connectivity index (χ0v) is 15.1. The van der Waals surface area contributed by atoms with Crippen LogP contribution in [-0.4, -0.2) is 66.1 Å². The molecule has 1 unspecified atom stereocenters. The Kier molecular flexibility index (Phi) is 7.40. The summed E-state index contributed by atoms with van der Waals surface area (Å²) in [6, 6.07) is 8.34. The van der Waals surface area contributed by atoms with Crippen LogP contribution in [-0.2, 0) is 9.59 Å². The Morgan fingerprint density at radius 3 is 2.36 bits per heavy atom. The first-order valence-corrected chi connectivity index (χ1v) is 9.03. The van der Waals surface area contributed by atoms with Gasteiger partial charge in [0, 0.05) is 26.2 Å². The fraction of sp³-hybridized carbons (Fsp3) is 0.579. The fourth-order valence-electron chi connectivity index (χ4n) is 3.16. The van der Waals surface area contributed by atoms with Crippen LogP contribution in [0.5, 0.6) is 0 Å². The van der Waals surface area contributed by atoms with Crippen molar-refractivity contribution in [1.82, 2.24) is 15.1 Å². The van der Waals surface area contributed by atoms with E-state index in [4.69, 9.17) is 0 Å². The molecule has 2 rings (SSSR count). The summed E-state index contributed by atoms with van der Waals surface area (Å²) in [6.45, 7) is 5.38. The van der Waals surface area contributed by atoms with Gasteiger partial charge < -0.3 is 15.3 Å². The minimum absolute atomic E-state index is 0.223. The van der Waals surface area contributed by atoms with E-state index in [0.717, 1.165) is 44.6 Å². The first-order valence-electron chi connectivity index (χ1n) is 9.03. The molecule has 1 aromatic carbocycles. The van der Waals surface area contributed by atoms with E-state index in [-0.39, 0.29) is 5.91 Å². The van der Waals surface area contributed by atoms with Crippen LogP contribution in [0.4, 0.5) is 0 Å². The molecule has 0 saturated carbocycles. The lowest BCUT2D eigenvalue weighted by Crippen LogP contribution is -2.52. The Morgan fingerprint density at radius 1 is 1.16 bits per heavy atom. The number of hydrogen-bond donors (Lipinski definition) is 2. The minimum atomic E-state index is -0.966. The number of carbonyl (C=O) groups excluding carboxylic acids is 1. The third-order valence-electron chi connectivity index (χ3n) is 4.73. The van der Waals surface area contributed by atoms with Crippen LogP contribution in [0.1, 0.15) is 37.8 Å². The maximum Gasteiger partial charge on any atom is 0.326 e. The highest BCUT2D eigenvalue weighted by molar-refractivity contribution is 5.87. The summed E-state index contributed by atoms with van der Waals surface area (Å²) in [7, 11) is 2.07. The number of hydrogen-bond acceptors (Lipinski definition) is 4. The van der Waals surface area contributed by atoms with Gasteiger partial charge in [-0.3, -0.25) is 9.69 Å². The van der Waals surface area contributed by atoms with Gasteiger partial charge in [-0.1, -0.05) is 50.1 Å². The van der Waals surface area contributed by atoms with Crippen molar-refractivity contribution in [1.29, 1.82) is 0 Å². The molecular formula is C19H29N3O3. The lowest BCUT2D eigenvalue weighted by Gasteiger charge is -2.37. The Bertz CT molecular complexity index is 556. The van der Waals surface area contributed by atoms with Crippen LogP contribution in [0.15, 0.2) is 30.3 Å². The first kappa shape index (κ1) is 19.4. The average Bonchev–Trinajstić information content (AvgIpc) is 2.61. The topological polar surface area (TPSA) is 72.9 Å². The third kappa shape index (κ3) is 5.54. The van der Waals surface area contributed by atoms with Gasteiger partial charge >= 0.3 is 5.97 Å². The van der Waals surface area contributed by atoms with Gasteiger partial charge in [-0.05, 0) is 19.0 Å². The SMILES string of the molecule is CCCC[C@H](NC(=O)C(c1ccccc1)N1CCN(C)CC1)C(=O)O. The number of carboxylic acid groups (broad SMARTS) is 1. The van der Waals surface area contributed by atoms with Gasteiger partial charge in [-0.15, -0.1) is 0 Å². The van der Waals surface area contributed by atoms with E-state index in [1.54, 1.807) is 0 Å². The highest BCUT2D eigenvalue weighted by atomic mass is 16.4. The number of nitrogens with zero attached hydrogens (tertiary/aromatic N) is 2. The van der Waals surface area contributed by atoms with Gasteiger partial charge in [-0.25, -0.2) is 4.79 Å². The molecule has 1 aliphatic heterocycles. The van der Waals surface area contributed by atoms with Crippen molar-refractivity contribution in [3.8, 4) is 0 Å². The van der Waals surface area contributed by atoms with Crippen molar-refractivity contribution < 1.29 is 14.7 Å². The summed E-state index contributed by atoms with van der Waals surface area (Å²) in [4.78, 5) is 28.8. The average molecular weight is 347 g/mol. The standard InChI is InChI=1S/C19H29N3O3/c1-3-4-10-16(19(24)25)20-18(23)17(15-8-6-5-7-9-15)22-13-11-21(2)12-14-22/h5-9,16-17H,3-4,10-14H2,1-2H3,(H,20,23)(H,24,25)/t16-,17?/m0/s1. The molecule has 0 bridgehead atoms. The molecule has 2 N–H and O–H groups in total. The molecule has 1 fully saturated rings. The van der Waals surface area contributed by atoms with E-state index >= 15 is 0 Å². The molecular weight excluding hydrogens is 318 g/mol. The van der Waals surface area contributed by atoms with Crippen molar-refractivity contribution in [3.63, 3.8) is 0 Å². The molecule has 6 heteroatoms. The lowest BCUT2D eigenvalue weighted by molar-refractivity contribution is -0.143. The van der Waals surface area contributed by atoms with E-state index in [2.05, 4.69) is 22.2 Å². The number of carbonyl (C=O) groups is 2. The molecule has 1 heterocycles. The van der Waals surface area contributed by atoms with Gasteiger partial charge in [0.05, 0.1) is 0 Å². The van der Waals surface area contributed by atoms with Gasteiger partial charge in [0.2, 0.25) is 5.91 Å². The van der Waals surface area contributed by atoms with Crippen LogP contribution < -0.4 is 5.32 Å². The number of likely N-dealkylation sites (N-methyl/N-ethyl adjacent to an activating group) is 1. The normalized spacial score (nSPS) is 18.5. The zero-order valence-electron chi connectivity index (χ0n) is 15.1. The van der Waals surface area contributed by atoms with Crippen LogP contribution in [0, 0.1) is 0 Å². The minimum Gasteiger partial charge on any atom is -0.480 e. The highest BCUT2D eigenvalue weighted by Crippen LogP contribution is 2.23. The highest BCUT2D eigenvalue weighted by Gasteiger charge is 2.32. The van der Waals surface area contributed by atoms with Gasteiger partial charge in [0.15, 0.2) is 0 Å². The summed E-state index contributed by atoms with van der Waals surface area (Å²) in [6.07, 6.45) is 2.14. The molecule has 2 atom stereocenters. The molecule has 25 heavy (non-hydrogen) atoms. The number of rotatable bonds is 8. The Labute approximate surface area is 149 Å². The lowest BCUT2D eigenvalue weighted by atomic mass is 10.0. The summed E-state index contributed by atoms with van der Waals surface area (Å²) < 4.78 is 0. The Balaban J connectivity index is 2.16. The molecule has 0 aromatic heterocycles. The van der Waals surface area contributed by atoms with Crippen molar-refractivity contribution in [2.75, 3.05) is 33.2 Å². The zero-order chi connectivity index (χ0) is 18.2. The first-order chi connectivity index (χ1) is 12.0. The molecule has 1 amide bonds. The predicted octanol–water partition coefficient (Wildman–Crippen LogP) is 1.73. The van der Waals surface area contributed by atoms with Crippen LogP contribution >= 0.6 is 0 Å². The van der Waals surface area contributed by atoms with Crippen LogP contribution in [0.25, 0.3) is 0 Å². The van der Waals surface area contributed by atoms with Crippen molar-refractivity contribution in [3.05, 3.63) is 35.9 Å². The molecule has 138 valence electrons. The number of piperazine rings is 1. The number of nitrogens with one attached hydrogen (secondary N) is 1.